The Hall–Kier alpha value is -1.96. The first-order valence-electron chi connectivity index (χ1n) is 7.41. The molecule has 0 rings (SSSR count). The topological polar surface area (TPSA) is 255 Å². The summed E-state index contributed by atoms with van der Waals surface area (Å²) in [5.41, 5.74) is -5.53. The van der Waals surface area contributed by atoms with E-state index in [1.165, 1.54) is 0 Å². The zero-order valence-electron chi connectivity index (χ0n) is 18.9. The van der Waals surface area contributed by atoms with Gasteiger partial charge in [-0.15, -0.1) is 0 Å². The van der Waals surface area contributed by atoms with Crippen LogP contribution in [0.4, 0.5) is 79.0 Å². The summed E-state index contributed by atoms with van der Waals surface area (Å²) >= 11 is 0. The molecule has 45 heavy (non-hydrogen) atoms. The van der Waals surface area contributed by atoms with Crippen LogP contribution < -0.4 is 25.5 Å². The van der Waals surface area contributed by atoms with E-state index in [4.69, 9.17) is 62.5 Å². The molecule has 0 heterocycles. The van der Waals surface area contributed by atoms with Crippen LogP contribution in [-0.2, 0) is 54.5 Å². The van der Waals surface area contributed by atoms with Gasteiger partial charge in [0.25, 0.3) is 0 Å². The Morgan fingerprint density at radius 1 is 0.400 bits per heavy atom. The van der Waals surface area contributed by atoms with Gasteiger partial charge in [0.15, 0.2) is 0 Å². The molecule has 0 aliphatic carbocycles. The molecule has 0 aliphatic rings. The molecule has 0 saturated carbocycles. The fraction of sp³-hybridized carbons (Fsp3) is 0.545. The number of alkyl halides is 18. The second-order valence-corrected chi connectivity index (χ2v) is 6.26. The van der Waals surface area contributed by atoms with Gasteiger partial charge in [0.05, 0.1) is 0 Å². The van der Waals surface area contributed by atoms with Gasteiger partial charge in [-0.2, -0.15) is 87.4 Å². The number of aliphatic carboxylic acids is 5. The molecule has 0 aromatic carbocycles. The maximum atomic E-state index is 10.7. The molecule has 0 spiro atoms. The van der Waals surface area contributed by atoms with Crippen LogP contribution in [0.3, 0.4) is 0 Å². The number of carboxylic acids is 5. The van der Waals surface area contributed by atoms with Crippen molar-refractivity contribution in [2.75, 3.05) is 0 Å². The molecule has 0 atom stereocenters. The number of halogens is 18. The van der Waals surface area contributed by atoms with Crippen molar-refractivity contribution in [2.45, 2.75) is 36.4 Å². The number of hydrogen-bond acceptors (Lipinski definition) is 12. The summed E-state index contributed by atoms with van der Waals surface area (Å²) in [7, 11) is -5.84. The van der Waals surface area contributed by atoms with E-state index in [1.54, 1.807) is 0 Å². The smallest absolute Gasteiger partial charge is 0.542 e. The van der Waals surface area contributed by atoms with Gasteiger partial charge in [-0.25, -0.2) is 0 Å². The van der Waals surface area contributed by atoms with Crippen molar-refractivity contribution in [3.63, 3.8) is 0 Å². The van der Waals surface area contributed by atoms with E-state index in [0.29, 0.717) is 0 Å². The second-order valence-electron chi connectivity index (χ2n) is 4.85. The molecular weight excluding hydrogens is 961 g/mol. The Labute approximate surface area is 278 Å². The van der Waals surface area contributed by atoms with Crippen LogP contribution in [0, 0.1) is 41.7 Å². The molecule has 0 unspecified atom stereocenters. The monoisotopic (exact) mass is 961 g/mol. The summed E-state index contributed by atoms with van der Waals surface area (Å²) in [6.45, 7) is 0. The molecule has 0 aromatic heterocycles. The summed E-state index contributed by atoms with van der Waals surface area (Å²) in [5.74, 6) is -15.0. The summed E-state index contributed by atoms with van der Waals surface area (Å²) in [5, 5.41) is 43.9. The molecule has 1 radical (unpaired) electrons. The van der Waals surface area contributed by atoms with Crippen LogP contribution in [0.5, 0.6) is 0 Å². The van der Waals surface area contributed by atoms with E-state index < -0.39 is 76.4 Å². The van der Waals surface area contributed by atoms with Crippen molar-refractivity contribution >= 4 is 40.0 Å². The second kappa shape index (κ2) is 23.4. The summed E-state index contributed by atoms with van der Waals surface area (Å²) in [6.07, 6.45) is -26.0. The summed E-state index contributed by atoms with van der Waals surface area (Å²) in [6, 6.07) is 0. The van der Waals surface area contributed by atoms with Crippen LogP contribution in [0.25, 0.3) is 0 Å². The van der Waals surface area contributed by atoms with Crippen molar-refractivity contribution in [3.8, 4) is 0 Å². The Morgan fingerprint density at radius 3 is 0.444 bits per heavy atom. The van der Waals surface area contributed by atoms with E-state index in [2.05, 4.69) is 0 Å². The van der Waals surface area contributed by atoms with Crippen molar-refractivity contribution in [1.82, 2.24) is 0 Å². The van der Waals surface area contributed by atoms with E-state index in [0.717, 1.165) is 0 Å². The molecule has 0 saturated heterocycles. The van der Waals surface area contributed by atoms with E-state index >= 15 is 0 Å². The third kappa shape index (κ3) is 49.1. The maximum Gasteiger partial charge on any atom is 3.00 e. The van der Waals surface area contributed by atoms with Crippen molar-refractivity contribution in [3.05, 3.63) is 0 Å². The number of carbonyl (C=O) groups is 5. The van der Waals surface area contributed by atoms with E-state index in [-0.39, 0.29) is 62.2 Å². The predicted octanol–water partition coefficient (Wildman–Crippen LogP) is -3.12. The summed E-state index contributed by atoms with van der Waals surface area (Å²) < 4.78 is 215. The van der Waals surface area contributed by atoms with Crippen molar-refractivity contribution in [1.29, 1.82) is 0 Å². The first-order chi connectivity index (χ1) is 18.0. The predicted molar refractivity (Wildman–Crippen MR) is 72.9 cm³/mol. The van der Waals surface area contributed by atoms with Crippen LogP contribution in [0.2, 0.25) is 0 Å². The zero-order valence-corrected chi connectivity index (χ0v) is 24.4. The average molecular weight is 962 g/mol. The van der Waals surface area contributed by atoms with Gasteiger partial charge in [0, 0.05) is 0 Å². The fourth-order valence-corrected chi connectivity index (χ4v) is 0. The Bertz CT molecular complexity index is 871. The van der Waals surface area contributed by atoms with Crippen LogP contribution in [0.1, 0.15) is 0 Å². The molecule has 0 aromatic rings. The summed E-state index contributed by atoms with van der Waals surface area (Å²) in [4.78, 5) is 43.9. The van der Waals surface area contributed by atoms with E-state index in [1.807, 2.05) is 0 Å². The van der Waals surface area contributed by atoms with Gasteiger partial charge in [0.2, 0.25) is 0 Å². The van der Waals surface area contributed by atoms with Gasteiger partial charge in [0.1, 0.15) is 29.8 Å². The first-order valence-corrected chi connectivity index (χ1v) is 8.85. The molecule has 0 aliphatic heterocycles. The Balaban J connectivity index is -0.0000000604. The van der Waals surface area contributed by atoms with Gasteiger partial charge in [-0.1, -0.05) is 0 Å². The molecule has 13 nitrogen and oxygen atoms in total. The number of rotatable bonds is 0. The molecule has 0 fully saturated rings. The molecule has 269 valence electrons. The number of carboxylic acid groups (broad SMARTS) is 5. The van der Waals surface area contributed by atoms with Crippen LogP contribution in [-0.4, -0.2) is 79.2 Å². The number of carbonyl (C=O) groups excluding carboxylic acids is 5. The fourth-order valence-electron chi connectivity index (χ4n) is 0. The van der Waals surface area contributed by atoms with Gasteiger partial charge in [-0.3, -0.25) is 4.55 Å². The minimum Gasteiger partial charge on any atom is -0.542 e. The van der Waals surface area contributed by atoms with Gasteiger partial charge < -0.3 is 49.5 Å². The Kier molecular flexibility index (Phi) is 32.2. The van der Waals surface area contributed by atoms with Crippen LogP contribution >= 0.6 is 0 Å². The molecule has 0 bridgehead atoms. The zero-order chi connectivity index (χ0) is 37.4. The normalized spacial score (nSPS) is 11.3. The minimum absolute atomic E-state index is 0. The van der Waals surface area contributed by atoms with Gasteiger partial charge >= 0.3 is 109 Å². The van der Waals surface area contributed by atoms with E-state index in [9.17, 15) is 79.0 Å². The molecule has 1 N–H and O–H groups in total. The number of hydrogen-bond donors (Lipinski definition) is 1. The standard InChI is InChI=1S/5C2HF3O2.CHF3O3S.Ce.Pd/c5*3-2(4,5)1(6)7;2-1(3,4)8(5,6)7;;/h5*(H,6,7);(H,5,6,7);;/q;;;;;;+3;+2/p-5. The maximum absolute atomic E-state index is 10.7. The Morgan fingerprint density at radius 2 is 0.444 bits per heavy atom. The van der Waals surface area contributed by atoms with Gasteiger partial charge in [-0.05, 0) is 0 Å². The molecule has 34 heteroatoms. The third-order valence-electron chi connectivity index (χ3n) is 1.45. The molecular formula is C11HCeF18O13PdS. The quantitative estimate of drug-likeness (QED) is 0.109. The van der Waals surface area contributed by atoms with Crippen LogP contribution in [0.15, 0.2) is 0 Å². The molecule has 0 amide bonds. The SMILES string of the molecule is O=C([O-])C(F)(F)F.O=C([O-])C(F)(F)F.O=C([O-])C(F)(F)F.O=C([O-])C(F)(F)F.O=C([O-])C(F)(F)F.O=S(=O)(O)C(F)(F)F.[Ce+3].[Pd+2]. The minimum atomic E-state index is -5.84. The first kappa shape index (κ1) is 62.0. The third-order valence-corrected chi connectivity index (χ3v) is 2.03. The largest absolute Gasteiger partial charge is 3.00 e. The van der Waals surface area contributed by atoms with Crippen molar-refractivity contribution < 1.29 is 204 Å². The average Bonchev–Trinajstić information content (AvgIpc) is 2.65. The van der Waals surface area contributed by atoms with Crippen molar-refractivity contribution in [2.24, 2.45) is 0 Å².